The van der Waals surface area contributed by atoms with E-state index in [-0.39, 0.29) is 23.2 Å². The number of hydrogen-bond acceptors (Lipinski definition) is 6. The van der Waals surface area contributed by atoms with Gasteiger partial charge >= 0.3 is 12.1 Å². The molecule has 1 saturated carbocycles. The minimum atomic E-state index is -4.67. The molecule has 2 aromatic carbocycles. The fourth-order valence-electron chi connectivity index (χ4n) is 4.72. The second-order valence-corrected chi connectivity index (χ2v) is 9.90. The van der Waals surface area contributed by atoms with Crippen molar-refractivity contribution in [3.63, 3.8) is 0 Å². The Kier molecular flexibility index (Phi) is 6.69. The van der Waals surface area contributed by atoms with Crippen molar-refractivity contribution in [2.45, 2.75) is 37.5 Å². The average molecular weight is 543 g/mol. The summed E-state index contributed by atoms with van der Waals surface area (Å²) in [4.78, 5) is 30.9. The number of esters is 1. The van der Waals surface area contributed by atoms with Crippen molar-refractivity contribution < 1.29 is 31.9 Å². The number of amides is 1. The molecule has 39 heavy (non-hydrogen) atoms. The maximum absolute atomic E-state index is 13.5. The standard InChI is InChI=1S/C28H26F4N4O3/c1-16-11-20(29)7-8-23(16)34-21-14-36(15-21)24-22(12-19(13-33-24)28(30,31)32)25(37)35-27(9-10-27)18-5-3-17(4-6-18)26(38)39-2/h3-8,11-13,21,34H,9-10,14-15H2,1-2H3,(H,35,37). The largest absolute Gasteiger partial charge is 0.465 e. The third-order valence-electron chi connectivity index (χ3n) is 7.13. The number of aryl methyl sites for hydroxylation is 1. The fraction of sp³-hybridized carbons (Fsp3) is 0.321. The molecule has 0 atom stereocenters. The van der Waals surface area contributed by atoms with Crippen LogP contribution < -0.4 is 15.5 Å². The summed E-state index contributed by atoms with van der Waals surface area (Å²) in [6, 6.07) is 11.7. The van der Waals surface area contributed by atoms with Crippen molar-refractivity contribution in [1.29, 1.82) is 0 Å². The molecule has 204 valence electrons. The molecule has 2 aliphatic rings. The molecule has 5 rings (SSSR count). The van der Waals surface area contributed by atoms with Crippen LogP contribution in [-0.4, -0.2) is 43.1 Å². The van der Waals surface area contributed by atoms with E-state index < -0.39 is 29.2 Å². The molecule has 1 aliphatic heterocycles. The van der Waals surface area contributed by atoms with Gasteiger partial charge in [0, 0.05) is 25.0 Å². The SMILES string of the molecule is COC(=O)c1ccc(C2(NC(=O)c3cc(C(F)(F)F)cnc3N3CC(Nc4ccc(F)cc4C)C3)CC2)cc1. The van der Waals surface area contributed by atoms with Crippen LogP contribution in [0.3, 0.4) is 0 Å². The smallest absolute Gasteiger partial charge is 0.417 e. The number of nitrogens with zero attached hydrogens (tertiary/aromatic N) is 2. The zero-order chi connectivity index (χ0) is 27.9. The van der Waals surface area contributed by atoms with Gasteiger partial charge in [0.05, 0.1) is 35.4 Å². The van der Waals surface area contributed by atoms with Gasteiger partial charge in [0.2, 0.25) is 0 Å². The highest BCUT2D eigenvalue weighted by atomic mass is 19.4. The van der Waals surface area contributed by atoms with Gasteiger partial charge in [-0.15, -0.1) is 0 Å². The number of rotatable bonds is 7. The minimum Gasteiger partial charge on any atom is -0.465 e. The molecule has 1 saturated heterocycles. The predicted octanol–water partition coefficient (Wildman–Crippen LogP) is 5.05. The first-order valence-electron chi connectivity index (χ1n) is 12.4. The van der Waals surface area contributed by atoms with Crippen LogP contribution in [0.4, 0.5) is 29.1 Å². The van der Waals surface area contributed by atoms with E-state index in [1.165, 1.54) is 19.2 Å². The van der Waals surface area contributed by atoms with Gasteiger partial charge in [-0.3, -0.25) is 4.79 Å². The van der Waals surface area contributed by atoms with Crippen LogP contribution in [0.5, 0.6) is 0 Å². The Bertz CT molecular complexity index is 1420. The highest BCUT2D eigenvalue weighted by Gasteiger charge is 2.46. The van der Waals surface area contributed by atoms with E-state index in [9.17, 15) is 27.2 Å². The molecule has 11 heteroatoms. The lowest BCUT2D eigenvalue weighted by Gasteiger charge is -2.42. The van der Waals surface area contributed by atoms with Crippen LogP contribution in [0, 0.1) is 12.7 Å². The maximum atomic E-state index is 13.5. The number of alkyl halides is 3. The normalized spacial score (nSPS) is 16.3. The van der Waals surface area contributed by atoms with Gasteiger partial charge in [-0.25, -0.2) is 14.2 Å². The first-order valence-corrected chi connectivity index (χ1v) is 12.4. The van der Waals surface area contributed by atoms with Crippen LogP contribution in [-0.2, 0) is 16.5 Å². The molecule has 1 aliphatic carbocycles. The summed E-state index contributed by atoms with van der Waals surface area (Å²) < 4.78 is 58.7. The summed E-state index contributed by atoms with van der Waals surface area (Å²) in [6.45, 7) is 2.57. The van der Waals surface area contributed by atoms with E-state index in [4.69, 9.17) is 4.74 Å². The van der Waals surface area contributed by atoms with Gasteiger partial charge in [0.15, 0.2) is 0 Å². The highest BCUT2D eigenvalue weighted by molar-refractivity contribution is 6.00. The zero-order valence-corrected chi connectivity index (χ0v) is 21.2. The Balaban J connectivity index is 1.35. The molecule has 0 spiro atoms. The number of carbonyl (C=O) groups excluding carboxylic acids is 2. The van der Waals surface area contributed by atoms with Crippen molar-refractivity contribution in [3.05, 3.63) is 88.4 Å². The van der Waals surface area contributed by atoms with Gasteiger partial charge < -0.3 is 20.3 Å². The van der Waals surface area contributed by atoms with Crippen LogP contribution in [0.25, 0.3) is 0 Å². The second-order valence-electron chi connectivity index (χ2n) is 9.90. The molecule has 2 heterocycles. The number of pyridine rings is 1. The van der Waals surface area contributed by atoms with Crippen LogP contribution in [0.15, 0.2) is 54.7 Å². The van der Waals surface area contributed by atoms with Crippen molar-refractivity contribution in [2.24, 2.45) is 0 Å². The topological polar surface area (TPSA) is 83.6 Å². The quantitative estimate of drug-likeness (QED) is 0.321. The molecule has 1 amide bonds. The van der Waals surface area contributed by atoms with Crippen molar-refractivity contribution >= 4 is 23.4 Å². The van der Waals surface area contributed by atoms with E-state index in [1.807, 2.05) is 0 Å². The summed E-state index contributed by atoms with van der Waals surface area (Å²) in [7, 11) is 1.28. The number of carbonyl (C=O) groups is 2. The molecule has 3 aromatic rings. The molecule has 0 unspecified atom stereocenters. The number of ether oxygens (including phenoxy) is 1. The lowest BCUT2D eigenvalue weighted by molar-refractivity contribution is -0.137. The number of aromatic nitrogens is 1. The van der Waals surface area contributed by atoms with Gasteiger partial charge in [-0.2, -0.15) is 13.2 Å². The second kappa shape index (κ2) is 9.87. The lowest BCUT2D eigenvalue weighted by Crippen LogP contribution is -2.56. The van der Waals surface area contributed by atoms with Crippen LogP contribution in [0.2, 0.25) is 0 Å². The molecule has 7 nitrogen and oxygen atoms in total. The summed E-state index contributed by atoms with van der Waals surface area (Å²) in [6.07, 6.45) is -2.73. The highest BCUT2D eigenvalue weighted by Crippen LogP contribution is 2.46. The number of methoxy groups -OCH3 is 1. The van der Waals surface area contributed by atoms with E-state index in [0.717, 1.165) is 29.1 Å². The molecular weight excluding hydrogens is 516 g/mol. The van der Waals surface area contributed by atoms with Crippen molar-refractivity contribution in [3.8, 4) is 0 Å². The molecule has 1 aromatic heterocycles. The number of nitrogens with one attached hydrogen (secondary N) is 2. The van der Waals surface area contributed by atoms with E-state index >= 15 is 0 Å². The maximum Gasteiger partial charge on any atom is 0.417 e. The van der Waals surface area contributed by atoms with Crippen LogP contribution in [0.1, 0.15) is 50.2 Å². The summed E-state index contributed by atoms with van der Waals surface area (Å²) >= 11 is 0. The number of anilines is 2. The van der Waals surface area contributed by atoms with Gasteiger partial charge in [-0.1, -0.05) is 12.1 Å². The molecular formula is C28H26F4N4O3. The summed E-state index contributed by atoms with van der Waals surface area (Å²) in [5, 5.41) is 6.20. The van der Waals surface area contributed by atoms with Crippen LogP contribution >= 0.6 is 0 Å². The average Bonchev–Trinajstić information content (AvgIpc) is 3.66. The Morgan fingerprint density at radius 3 is 2.36 bits per heavy atom. The Hall–Kier alpha value is -4.15. The summed E-state index contributed by atoms with van der Waals surface area (Å²) in [5.74, 6) is -1.34. The van der Waals surface area contributed by atoms with E-state index in [2.05, 4.69) is 15.6 Å². The molecule has 0 radical (unpaired) electrons. The predicted molar refractivity (Wildman–Crippen MR) is 136 cm³/mol. The monoisotopic (exact) mass is 542 g/mol. The number of benzene rings is 2. The molecule has 0 bridgehead atoms. The third kappa shape index (κ3) is 5.39. The third-order valence-corrected chi connectivity index (χ3v) is 7.13. The van der Waals surface area contributed by atoms with Crippen molar-refractivity contribution in [1.82, 2.24) is 10.3 Å². The Morgan fingerprint density at radius 2 is 1.77 bits per heavy atom. The van der Waals surface area contributed by atoms with Crippen molar-refractivity contribution in [2.75, 3.05) is 30.4 Å². The lowest BCUT2D eigenvalue weighted by atomic mass is 10.0. The number of hydrogen-bond donors (Lipinski definition) is 2. The van der Waals surface area contributed by atoms with Gasteiger partial charge in [-0.05, 0) is 67.3 Å². The minimum absolute atomic E-state index is 0.0581. The molecule has 2 fully saturated rings. The van der Waals surface area contributed by atoms with Gasteiger partial charge in [0.25, 0.3) is 5.91 Å². The van der Waals surface area contributed by atoms with Gasteiger partial charge in [0.1, 0.15) is 11.6 Å². The zero-order valence-electron chi connectivity index (χ0n) is 21.2. The first-order chi connectivity index (χ1) is 18.5. The Labute approximate surface area is 222 Å². The Morgan fingerprint density at radius 1 is 1.08 bits per heavy atom. The fourth-order valence-corrected chi connectivity index (χ4v) is 4.72. The summed E-state index contributed by atoms with van der Waals surface area (Å²) in [5.41, 5.74) is 0.664. The van der Waals surface area contributed by atoms with E-state index in [0.29, 0.717) is 31.5 Å². The molecule has 2 N–H and O–H groups in total. The first kappa shape index (κ1) is 26.5. The van der Waals surface area contributed by atoms with E-state index in [1.54, 1.807) is 42.2 Å². The number of halogens is 4.